The zero-order valence-corrected chi connectivity index (χ0v) is 50.4. The smallest absolute Gasteiger partial charge is 0.256 e. The number of carbonyl (C=O) groups is 1. The van der Waals surface area contributed by atoms with E-state index in [0.717, 1.165) is 152 Å². The number of aliphatic hydroxyl groups is 1. The van der Waals surface area contributed by atoms with Crippen LogP contribution in [0.5, 0.6) is 23.0 Å². The molecule has 6 aliphatic rings. The number of aromatic hydroxyl groups is 1. The number of carbonyl (C=O) groups excluding carboxylic acids is 1. The summed E-state index contributed by atoms with van der Waals surface area (Å²) >= 11 is 0. The highest BCUT2D eigenvalue weighted by atomic mass is 16.5. The molecule has 2 unspecified atom stereocenters. The lowest BCUT2D eigenvalue weighted by Crippen LogP contribution is -2.74. The van der Waals surface area contributed by atoms with Crippen LogP contribution in [0.2, 0.25) is 0 Å². The van der Waals surface area contributed by atoms with Crippen LogP contribution in [0.3, 0.4) is 0 Å². The number of methoxy groups -OCH3 is 2. The van der Waals surface area contributed by atoms with Crippen LogP contribution in [0.4, 0.5) is 17.1 Å². The Hall–Kier alpha value is -8.08. The van der Waals surface area contributed by atoms with Gasteiger partial charge in [-0.15, -0.1) is 0 Å². The van der Waals surface area contributed by atoms with Crippen LogP contribution in [-0.4, -0.2) is 114 Å². The molecule has 5 aromatic carbocycles. The van der Waals surface area contributed by atoms with E-state index in [1.54, 1.807) is 26.5 Å². The zero-order chi connectivity index (χ0) is 59.6. The predicted octanol–water partition coefficient (Wildman–Crippen LogP) is 12.7. The van der Waals surface area contributed by atoms with Crippen LogP contribution < -0.4 is 40.8 Å². The third-order valence-electron chi connectivity index (χ3n) is 18.7. The Bertz CT molecular complexity index is 3580. The first kappa shape index (κ1) is 59.3. The first-order valence-corrected chi connectivity index (χ1v) is 31.7. The summed E-state index contributed by atoms with van der Waals surface area (Å²) in [5.74, 6) is 3.33. The third-order valence-corrected chi connectivity index (χ3v) is 18.7. The number of fused-ring (bicyclic) bond motifs is 5. The molecule has 15 heteroatoms. The Morgan fingerprint density at radius 2 is 1.43 bits per heavy atom. The highest BCUT2D eigenvalue weighted by molar-refractivity contribution is 6.35. The molecule has 87 heavy (non-hydrogen) atoms. The highest BCUT2D eigenvalue weighted by Gasteiger charge is 2.73. The summed E-state index contributed by atoms with van der Waals surface area (Å²) in [6.45, 7) is 8.49. The highest BCUT2D eigenvalue weighted by Crippen LogP contribution is 2.69. The van der Waals surface area contributed by atoms with E-state index >= 15 is 0 Å². The maximum Gasteiger partial charge on any atom is 0.256 e. The Balaban J connectivity index is 0.000000130. The number of piperidine rings is 1. The lowest BCUT2D eigenvalue weighted by atomic mass is 9.49. The van der Waals surface area contributed by atoms with Crippen molar-refractivity contribution >= 4 is 45.5 Å². The van der Waals surface area contributed by atoms with E-state index in [0.29, 0.717) is 17.7 Å². The number of hydrogen-bond donors (Lipinski definition) is 9. The number of nitrogens with one attached hydrogen (secondary N) is 7. The van der Waals surface area contributed by atoms with Gasteiger partial charge in [-0.3, -0.25) is 14.7 Å². The second-order valence-electron chi connectivity index (χ2n) is 24.2. The molecule has 1 spiro atoms. The van der Waals surface area contributed by atoms with Crippen LogP contribution >= 0.6 is 0 Å². The number of aromatic amines is 2. The van der Waals surface area contributed by atoms with E-state index in [1.807, 2.05) is 103 Å². The molecule has 9 N–H and O–H groups in total. The third kappa shape index (κ3) is 12.7. The molecule has 14 rings (SSSR count). The van der Waals surface area contributed by atoms with Gasteiger partial charge in [-0.05, 0) is 192 Å². The molecule has 1 saturated heterocycles. The molecular weight excluding hydrogens is 1090 g/mol. The van der Waals surface area contributed by atoms with Gasteiger partial charge < -0.3 is 61.0 Å². The van der Waals surface area contributed by atoms with E-state index in [4.69, 9.17) is 14.2 Å². The molecule has 0 radical (unpaired) electrons. The van der Waals surface area contributed by atoms with Crippen molar-refractivity contribution in [3.63, 3.8) is 0 Å². The summed E-state index contributed by atoms with van der Waals surface area (Å²) in [6, 6.07) is 42.2. The summed E-state index contributed by atoms with van der Waals surface area (Å²) < 4.78 is 17.3. The summed E-state index contributed by atoms with van der Waals surface area (Å²) in [6.07, 6.45) is 21.8. The number of pyridine rings is 1. The monoisotopic (exact) mass is 1170 g/mol. The molecule has 2 bridgehead atoms. The summed E-state index contributed by atoms with van der Waals surface area (Å²) in [5, 5.41) is 41.6. The molecule has 1 saturated carbocycles. The molecule has 6 heterocycles. The minimum atomic E-state index is -0.908. The Kier molecular flexibility index (Phi) is 18.6. The van der Waals surface area contributed by atoms with E-state index in [2.05, 4.69) is 82.8 Å². The van der Waals surface area contributed by atoms with Gasteiger partial charge in [0.05, 0.1) is 47.9 Å². The number of nitrogens with zero attached hydrogens (tertiary/aromatic N) is 2. The Labute approximate surface area is 511 Å². The van der Waals surface area contributed by atoms with Gasteiger partial charge in [0.15, 0.2) is 17.6 Å². The van der Waals surface area contributed by atoms with Crippen molar-refractivity contribution in [1.29, 1.82) is 0 Å². The van der Waals surface area contributed by atoms with Gasteiger partial charge >= 0.3 is 0 Å². The van der Waals surface area contributed by atoms with E-state index < -0.39 is 11.0 Å². The molecule has 1 amide bonds. The lowest BCUT2D eigenvalue weighted by Gasteiger charge is -2.62. The van der Waals surface area contributed by atoms with Gasteiger partial charge in [0.2, 0.25) is 0 Å². The number of aromatic nitrogens is 3. The topological polar surface area (TPSA) is 193 Å². The van der Waals surface area contributed by atoms with Crippen molar-refractivity contribution in [3.05, 3.63) is 180 Å². The van der Waals surface area contributed by atoms with E-state index in [-0.39, 0.29) is 23.8 Å². The Morgan fingerprint density at radius 3 is 2.09 bits per heavy atom. The molecule has 4 atom stereocenters. The van der Waals surface area contributed by atoms with Crippen molar-refractivity contribution in [2.24, 2.45) is 5.92 Å². The molecule has 454 valence electrons. The number of anilines is 3. The molecule has 3 aliphatic heterocycles. The van der Waals surface area contributed by atoms with Crippen molar-refractivity contribution in [3.8, 4) is 34.1 Å². The SMILES string of the molecule is COc1ccccc1NCCCCNCCCCCCNCCCCNc1ccccc1OC.O=C1Nc2ccc(-c3cccnc3)cc2C1=Cc1ccc[nH]1.Oc1ccc2c3c1O[C@H]1c4[nH]c5ccccc5c4C[C@@]4(O)C(C2)N(CC2CC2)CCC314. The lowest BCUT2D eigenvalue weighted by molar-refractivity contribution is -0.173. The second-order valence-corrected chi connectivity index (χ2v) is 24.2. The van der Waals surface area contributed by atoms with Gasteiger partial charge in [0.1, 0.15) is 11.5 Å². The minimum absolute atomic E-state index is 0.0760. The Morgan fingerprint density at radius 1 is 0.747 bits per heavy atom. The standard InChI is InChI=1S/C28H46N4O2.C26H26N2O3.C18H13N3O/c1-33-27-17-7-5-15-25(27)31-23-13-11-21-29-19-9-3-4-10-20-30-22-12-14-24-32-26-16-6-8-18-28(26)34-2;29-19-8-7-15-11-20-26(30)12-17-16-3-1-2-4-18(16)27-22(17)24-25(26,21(15)23(19)31-24)9-10-28(20)13-14-5-6-14;22-18-16(10-14-4-2-8-20-14)15-9-12(5-6-17(15)21-18)13-3-1-7-19-11-13/h5-8,15-18,29-32H,3-4,9-14,19-24H2,1-2H3;1-4,7-8,14,20,24,27,29-30H,5-6,9-13H2;1-11,20H,(H,21,22)/t;20?,24-,25?,26+;/m.0./s1. The van der Waals surface area contributed by atoms with Crippen LogP contribution in [0.1, 0.15) is 110 Å². The fourth-order valence-electron chi connectivity index (χ4n) is 14.1. The maximum absolute atomic E-state index is 12.7. The molecule has 3 aromatic heterocycles. The largest absolute Gasteiger partial charge is 0.504 e. The van der Waals surface area contributed by atoms with Gasteiger partial charge in [-0.2, -0.15) is 0 Å². The quantitative estimate of drug-likeness (QED) is 0.0195. The number of rotatable bonds is 25. The van der Waals surface area contributed by atoms with Crippen molar-refractivity contribution in [2.75, 3.05) is 82.5 Å². The summed E-state index contributed by atoms with van der Waals surface area (Å²) in [4.78, 5) is 25.7. The number of H-pyrrole nitrogens is 2. The van der Waals surface area contributed by atoms with E-state index in [1.165, 1.54) is 67.9 Å². The number of phenols is 1. The predicted molar refractivity (Wildman–Crippen MR) is 349 cm³/mol. The first-order valence-electron chi connectivity index (χ1n) is 31.7. The normalized spacial score (nSPS) is 20.4. The molecule has 2 fully saturated rings. The fraction of sp³-hybridized carbons (Fsp3) is 0.389. The number of benzene rings is 5. The van der Waals surface area contributed by atoms with Crippen molar-refractivity contribution < 1.29 is 29.2 Å². The average molecular weight is 1170 g/mol. The van der Waals surface area contributed by atoms with E-state index in [9.17, 15) is 15.0 Å². The number of phenolic OH excluding ortho intramolecular Hbond substituents is 1. The number of amides is 1. The number of hydrogen-bond acceptors (Lipinski definition) is 12. The average Bonchev–Trinajstić information content (AvgIpc) is 1.57. The first-order chi connectivity index (χ1) is 42.8. The number of likely N-dealkylation sites (tertiary alicyclic amines) is 1. The molecule has 3 aliphatic carbocycles. The number of unbranched alkanes of at least 4 members (excludes halogenated alkanes) is 5. The molecular formula is C72H85N9O6. The molecule has 8 aromatic rings. The number of ether oxygens (including phenoxy) is 3. The number of para-hydroxylation sites is 5. The van der Waals surface area contributed by atoms with Crippen LogP contribution in [0.15, 0.2) is 146 Å². The van der Waals surface area contributed by atoms with Crippen LogP contribution in [-0.2, 0) is 23.1 Å². The molecule has 15 nitrogen and oxygen atoms in total. The second kappa shape index (κ2) is 27.3. The van der Waals surface area contributed by atoms with Crippen molar-refractivity contribution in [1.82, 2.24) is 30.5 Å². The van der Waals surface area contributed by atoms with Crippen LogP contribution in [0.25, 0.3) is 33.7 Å². The minimum Gasteiger partial charge on any atom is -0.504 e. The van der Waals surface area contributed by atoms with Gasteiger partial charge in [-0.25, -0.2) is 0 Å². The summed E-state index contributed by atoms with van der Waals surface area (Å²) in [7, 11) is 3.43. The van der Waals surface area contributed by atoms with Gasteiger partial charge in [0, 0.05) is 89.7 Å². The summed E-state index contributed by atoms with van der Waals surface area (Å²) in [5.41, 5.74) is 11.8. The van der Waals surface area contributed by atoms with Gasteiger partial charge in [0.25, 0.3) is 5.91 Å². The van der Waals surface area contributed by atoms with Gasteiger partial charge in [-0.1, -0.05) is 73.5 Å². The maximum atomic E-state index is 12.7. The van der Waals surface area contributed by atoms with Crippen LogP contribution in [0, 0.1) is 5.92 Å². The zero-order valence-electron chi connectivity index (χ0n) is 50.4. The fourth-order valence-corrected chi connectivity index (χ4v) is 14.1. The van der Waals surface area contributed by atoms with Crippen molar-refractivity contribution in [2.45, 2.75) is 107 Å².